The Hall–Kier alpha value is -0.770. The van der Waals surface area contributed by atoms with Crippen LogP contribution in [0.25, 0.3) is 0 Å². The van der Waals surface area contributed by atoms with E-state index in [0.29, 0.717) is 19.2 Å². The smallest absolute Gasteiger partial charge is 0.317 e. The summed E-state index contributed by atoms with van der Waals surface area (Å²) < 4.78 is 5.41. The molecule has 1 atom stereocenters. The van der Waals surface area contributed by atoms with Crippen LogP contribution in [0.1, 0.15) is 40.0 Å². The van der Waals surface area contributed by atoms with Crippen LogP contribution in [-0.2, 0) is 4.74 Å². The molecule has 0 radical (unpaired) electrons. The largest absolute Gasteiger partial charge is 0.379 e. The second-order valence-electron chi connectivity index (χ2n) is 5.19. The number of amides is 2. The zero-order valence-corrected chi connectivity index (χ0v) is 11.5. The maximum Gasteiger partial charge on any atom is 0.317 e. The molecule has 0 bridgehead atoms. The summed E-state index contributed by atoms with van der Waals surface area (Å²) in [5, 5.41) is 2.93. The fraction of sp³-hybridized carbons (Fsp3) is 0.923. The van der Waals surface area contributed by atoms with Crippen molar-refractivity contribution in [2.24, 2.45) is 5.92 Å². The number of carbonyl (C=O) groups is 1. The first-order valence-electron chi connectivity index (χ1n) is 6.64. The summed E-state index contributed by atoms with van der Waals surface area (Å²) in [6.07, 6.45) is 3.67. The summed E-state index contributed by atoms with van der Waals surface area (Å²) >= 11 is 0. The average Bonchev–Trinajstić information content (AvgIpc) is 3.09. The van der Waals surface area contributed by atoms with Crippen LogP contribution in [-0.4, -0.2) is 43.3 Å². The summed E-state index contributed by atoms with van der Waals surface area (Å²) in [5.41, 5.74) is 0. The summed E-state index contributed by atoms with van der Waals surface area (Å²) in [6, 6.07) is 0.399. The minimum absolute atomic E-state index is 0.0361. The Kier molecular flexibility index (Phi) is 5.75. The second-order valence-corrected chi connectivity index (χ2v) is 5.19. The molecule has 1 aliphatic carbocycles. The van der Waals surface area contributed by atoms with Gasteiger partial charge in [-0.05, 0) is 46.0 Å². The molecule has 0 heterocycles. The molecule has 0 aliphatic heterocycles. The van der Waals surface area contributed by atoms with Crippen LogP contribution < -0.4 is 5.32 Å². The predicted molar refractivity (Wildman–Crippen MR) is 69.1 cm³/mol. The fourth-order valence-electron chi connectivity index (χ4n) is 1.79. The van der Waals surface area contributed by atoms with Crippen molar-refractivity contribution >= 4 is 6.03 Å². The number of nitrogens with zero attached hydrogens (tertiary/aromatic N) is 1. The lowest BCUT2D eigenvalue weighted by molar-refractivity contribution is 0.0771. The molecular weight excluding hydrogens is 216 g/mol. The Balaban J connectivity index is 2.07. The number of carbonyl (C=O) groups excluding carboxylic acids is 1. The van der Waals surface area contributed by atoms with Crippen molar-refractivity contribution in [1.29, 1.82) is 0 Å². The van der Waals surface area contributed by atoms with E-state index >= 15 is 0 Å². The van der Waals surface area contributed by atoms with Crippen molar-refractivity contribution in [2.75, 3.05) is 20.2 Å². The molecule has 2 amide bonds. The number of hydrogen-bond acceptors (Lipinski definition) is 2. The quantitative estimate of drug-likeness (QED) is 0.696. The molecule has 0 aromatic rings. The Labute approximate surface area is 105 Å². The Morgan fingerprint density at radius 1 is 1.41 bits per heavy atom. The summed E-state index contributed by atoms with van der Waals surface area (Å²) in [7, 11) is 1.88. The summed E-state index contributed by atoms with van der Waals surface area (Å²) in [5.74, 6) is 0.718. The monoisotopic (exact) mass is 242 g/mol. The molecule has 100 valence electrons. The first-order chi connectivity index (χ1) is 8.02. The van der Waals surface area contributed by atoms with Gasteiger partial charge in [0.15, 0.2) is 0 Å². The van der Waals surface area contributed by atoms with E-state index in [1.165, 1.54) is 12.8 Å². The minimum atomic E-state index is 0.0361. The van der Waals surface area contributed by atoms with Crippen LogP contribution >= 0.6 is 0 Å². The minimum Gasteiger partial charge on any atom is -0.379 e. The number of nitrogens with one attached hydrogen (secondary N) is 1. The van der Waals surface area contributed by atoms with Gasteiger partial charge in [0.05, 0.1) is 6.10 Å². The number of rotatable bonds is 7. The molecule has 0 spiro atoms. The van der Waals surface area contributed by atoms with Crippen LogP contribution in [0.5, 0.6) is 0 Å². The Morgan fingerprint density at radius 3 is 2.59 bits per heavy atom. The van der Waals surface area contributed by atoms with Crippen molar-refractivity contribution in [1.82, 2.24) is 10.2 Å². The van der Waals surface area contributed by atoms with Gasteiger partial charge in [-0.25, -0.2) is 4.79 Å². The van der Waals surface area contributed by atoms with E-state index in [4.69, 9.17) is 4.74 Å². The third kappa shape index (κ3) is 5.39. The average molecular weight is 242 g/mol. The molecule has 17 heavy (non-hydrogen) atoms. The molecular formula is C13H26N2O2. The van der Waals surface area contributed by atoms with E-state index in [1.54, 1.807) is 0 Å². The van der Waals surface area contributed by atoms with Gasteiger partial charge in [-0.2, -0.15) is 0 Å². The maximum atomic E-state index is 11.8. The van der Waals surface area contributed by atoms with Gasteiger partial charge in [-0.15, -0.1) is 0 Å². The molecule has 0 aromatic heterocycles. The van der Waals surface area contributed by atoms with E-state index in [0.717, 1.165) is 12.3 Å². The van der Waals surface area contributed by atoms with Crippen LogP contribution in [0.4, 0.5) is 4.79 Å². The predicted octanol–water partition coefficient (Wildman–Crippen LogP) is 2.24. The summed E-state index contributed by atoms with van der Waals surface area (Å²) in [4.78, 5) is 13.6. The van der Waals surface area contributed by atoms with Crippen LogP contribution in [0.2, 0.25) is 0 Å². The lowest BCUT2D eigenvalue weighted by Crippen LogP contribution is -2.43. The molecule has 0 aromatic carbocycles. The number of ether oxygens (including phenoxy) is 1. The van der Waals surface area contributed by atoms with E-state index in [9.17, 15) is 4.79 Å². The topological polar surface area (TPSA) is 41.6 Å². The first-order valence-corrected chi connectivity index (χ1v) is 6.64. The van der Waals surface area contributed by atoms with Crippen molar-refractivity contribution in [3.8, 4) is 0 Å². The van der Waals surface area contributed by atoms with E-state index in [2.05, 4.69) is 12.2 Å². The molecule has 1 fully saturated rings. The molecule has 1 unspecified atom stereocenters. The van der Waals surface area contributed by atoms with Crippen LogP contribution in [0, 0.1) is 5.92 Å². The van der Waals surface area contributed by atoms with Gasteiger partial charge in [0, 0.05) is 26.2 Å². The maximum absolute atomic E-state index is 11.8. The molecule has 1 N–H and O–H groups in total. The van der Waals surface area contributed by atoms with Crippen LogP contribution in [0.3, 0.4) is 0 Å². The van der Waals surface area contributed by atoms with Crippen molar-refractivity contribution in [3.63, 3.8) is 0 Å². The van der Waals surface area contributed by atoms with Gasteiger partial charge in [0.1, 0.15) is 0 Å². The zero-order valence-electron chi connectivity index (χ0n) is 11.5. The highest BCUT2D eigenvalue weighted by atomic mass is 16.5. The van der Waals surface area contributed by atoms with E-state index in [-0.39, 0.29) is 12.1 Å². The third-order valence-electron chi connectivity index (χ3n) is 3.28. The first kappa shape index (κ1) is 14.3. The molecule has 1 aliphatic rings. The van der Waals surface area contributed by atoms with Crippen molar-refractivity contribution in [3.05, 3.63) is 0 Å². The molecule has 4 heteroatoms. The Bertz CT molecular complexity index is 240. The Morgan fingerprint density at radius 2 is 2.06 bits per heavy atom. The number of hydrogen-bond donors (Lipinski definition) is 1. The molecule has 1 saturated carbocycles. The van der Waals surface area contributed by atoms with Crippen molar-refractivity contribution < 1.29 is 9.53 Å². The van der Waals surface area contributed by atoms with Crippen LogP contribution in [0.15, 0.2) is 0 Å². The lowest BCUT2D eigenvalue weighted by Gasteiger charge is -2.25. The van der Waals surface area contributed by atoms with Gasteiger partial charge in [0.25, 0.3) is 0 Å². The van der Waals surface area contributed by atoms with E-state index < -0.39 is 0 Å². The highest BCUT2D eigenvalue weighted by Crippen LogP contribution is 2.34. The SMILES string of the molecule is CC(C)OCCCNC(=O)N(C)C(C)C1CC1. The normalized spacial score (nSPS) is 17.0. The zero-order chi connectivity index (χ0) is 12.8. The highest BCUT2D eigenvalue weighted by molar-refractivity contribution is 5.74. The molecule has 4 nitrogen and oxygen atoms in total. The standard InChI is InChI=1S/C13H26N2O2/c1-10(2)17-9-5-8-14-13(16)15(4)11(3)12-6-7-12/h10-12H,5-9H2,1-4H3,(H,14,16). The third-order valence-corrected chi connectivity index (χ3v) is 3.28. The van der Waals surface area contributed by atoms with Gasteiger partial charge in [-0.1, -0.05) is 0 Å². The number of urea groups is 1. The second kappa shape index (κ2) is 6.84. The van der Waals surface area contributed by atoms with E-state index in [1.807, 2.05) is 25.8 Å². The lowest BCUT2D eigenvalue weighted by atomic mass is 10.2. The fourth-order valence-corrected chi connectivity index (χ4v) is 1.79. The molecule has 0 saturated heterocycles. The molecule has 1 rings (SSSR count). The van der Waals surface area contributed by atoms with Gasteiger partial charge < -0.3 is 15.0 Å². The highest BCUT2D eigenvalue weighted by Gasteiger charge is 2.32. The van der Waals surface area contributed by atoms with Gasteiger partial charge >= 0.3 is 6.03 Å². The summed E-state index contributed by atoms with van der Waals surface area (Å²) in [6.45, 7) is 7.56. The van der Waals surface area contributed by atoms with Crippen molar-refractivity contribution in [2.45, 2.75) is 52.2 Å². The van der Waals surface area contributed by atoms with Gasteiger partial charge in [-0.3, -0.25) is 0 Å². The van der Waals surface area contributed by atoms with Gasteiger partial charge in [0.2, 0.25) is 0 Å².